The molecule has 0 saturated heterocycles. The smallest absolute Gasteiger partial charge is 0.252 e. The van der Waals surface area contributed by atoms with Crippen molar-refractivity contribution in [1.29, 1.82) is 0 Å². The summed E-state index contributed by atoms with van der Waals surface area (Å²) in [5, 5.41) is 0. The number of benzene rings is 5. The zero-order chi connectivity index (χ0) is 30.7. The zero-order valence-electron chi connectivity index (χ0n) is 27.3. The fraction of sp³-hybridized carbons (Fsp3) is 0.302. The van der Waals surface area contributed by atoms with Gasteiger partial charge in [0.2, 0.25) is 0 Å². The third-order valence-electron chi connectivity index (χ3n) is 12.4. The van der Waals surface area contributed by atoms with Crippen LogP contribution in [-0.4, -0.2) is 6.71 Å². The van der Waals surface area contributed by atoms with Crippen LogP contribution in [0.25, 0.3) is 0 Å². The lowest BCUT2D eigenvalue weighted by atomic mass is 9.33. The molecule has 0 radical (unpaired) electrons. The summed E-state index contributed by atoms with van der Waals surface area (Å²) in [6.07, 6.45) is 8.48. The van der Waals surface area contributed by atoms with Crippen LogP contribution in [0.1, 0.15) is 60.8 Å². The van der Waals surface area contributed by atoms with E-state index in [1.807, 2.05) is 0 Å². The Bertz CT molecular complexity index is 2010. The number of rotatable bonds is 3. The van der Waals surface area contributed by atoms with Crippen molar-refractivity contribution in [3.8, 4) is 0 Å². The molecular formula is C43H41BN2. The van der Waals surface area contributed by atoms with E-state index >= 15 is 0 Å². The van der Waals surface area contributed by atoms with E-state index in [0.29, 0.717) is 0 Å². The molecule has 2 aliphatic heterocycles. The molecule has 4 fully saturated rings. The number of anilines is 6. The Hall–Kier alpha value is -4.24. The quantitative estimate of drug-likeness (QED) is 0.188. The molecule has 5 aromatic carbocycles. The molecule has 0 atom stereocenters. The molecule has 0 unspecified atom stereocenters. The third kappa shape index (κ3) is 3.78. The minimum absolute atomic E-state index is 0.183. The first kappa shape index (κ1) is 26.9. The Morgan fingerprint density at radius 3 is 1.89 bits per heavy atom. The van der Waals surface area contributed by atoms with Gasteiger partial charge in [0, 0.05) is 34.1 Å². The van der Waals surface area contributed by atoms with Crippen LogP contribution < -0.4 is 26.2 Å². The Morgan fingerprint density at radius 2 is 1.15 bits per heavy atom. The normalized spacial score (nSPS) is 24.9. The van der Waals surface area contributed by atoms with Crippen LogP contribution in [-0.2, 0) is 5.41 Å². The second kappa shape index (κ2) is 9.64. The minimum Gasteiger partial charge on any atom is -0.311 e. The average Bonchev–Trinajstić information content (AvgIpc) is 3.05. The van der Waals surface area contributed by atoms with Gasteiger partial charge in [-0.1, -0.05) is 66.2 Å². The van der Waals surface area contributed by atoms with Crippen LogP contribution in [0.15, 0.2) is 103 Å². The lowest BCUT2D eigenvalue weighted by molar-refractivity contribution is -0.00514. The second-order valence-electron chi connectivity index (χ2n) is 15.5. The maximum absolute atomic E-state index is 2.68. The molecule has 3 heteroatoms. The van der Waals surface area contributed by atoms with E-state index in [4.69, 9.17) is 0 Å². The van der Waals surface area contributed by atoms with Gasteiger partial charge >= 0.3 is 0 Å². The SMILES string of the molecule is Cc1ccc2c(c1)B1c3ccccc3N(c3ccccc3)c3cc(C45CC6CC(CC(C6)C4)C5)cc(c31)N2c1cc(C)ccc1C. The Balaban J connectivity index is 1.32. The first-order valence-electron chi connectivity index (χ1n) is 17.6. The third-order valence-corrected chi connectivity index (χ3v) is 12.4. The molecule has 11 rings (SSSR count). The van der Waals surface area contributed by atoms with E-state index in [-0.39, 0.29) is 12.1 Å². The molecule has 4 saturated carbocycles. The van der Waals surface area contributed by atoms with Crippen molar-refractivity contribution in [2.45, 2.75) is 64.7 Å². The van der Waals surface area contributed by atoms with Gasteiger partial charge in [-0.05, 0) is 158 Å². The van der Waals surface area contributed by atoms with Crippen molar-refractivity contribution in [1.82, 2.24) is 0 Å². The van der Waals surface area contributed by atoms with Gasteiger partial charge in [-0.3, -0.25) is 0 Å². The van der Waals surface area contributed by atoms with E-state index < -0.39 is 0 Å². The van der Waals surface area contributed by atoms with Gasteiger partial charge in [0.15, 0.2) is 0 Å². The standard InChI is InChI=1S/C43H41BN2/c1-27-14-16-38-36(17-27)44-35-11-7-8-12-37(35)45(34-9-5-4-6-10-34)40-22-33(43-24-30-19-31(25-43)21-32(20-30)26-43)23-41(42(40)44)46(38)39-18-28(2)13-15-29(39)3/h4-18,22-23,30-32H,19-21,24-26H2,1-3H3. The summed E-state index contributed by atoms with van der Waals surface area (Å²) in [5.41, 5.74) is 18.0. The fourth-order valence-corrected chi connectivity index (χ4v) is 10.9. The molecule has 5 aromatic rings. The summed E-state index contributed by atoms with van der Waals surface area (Å²) >= 11 is 0. The summed E-state index contributed by atoms with van der Waals surface area (Å²) in [4.78, 5) is 5.24. The molecule has 4 bridgehead atoms. The van der Waals surface area contributed by atoms with Crippen molar-refractivity contribution < 1.29 is 0 Å². The van der Waals surface area contributed by atoms with E-state index in [1.54, 1.807) is 5.56 Å². The highest BCUT2D eigenvalue weighted by molar-refractivity contribution is 7.00. The van der Waals surface area contributed by atoms with Crippen LogP contribution >= 0.6 is 0 Å². The molecule has 2 heterocycles. The number of aryl methyl sites for hydroxylation is 3. The van der Waals surface area contributed by atoms with Crippen molar-refractivity contribution in [3.63, 3.8) is 0 Å². The van der Waals surface area contributed by atoms with Crippen LogP contribution in [0.5, 0.6) is 0 Å². The lowest BCUT2D eigenvalue weighted by Gasteiger charge is -2.57. The second-order valence-corrected chi connectivity index (χ2v) is 15.5. The Morgan fingerprint density at radius 1 is 0.543 bits per heavy atom. The first-order chi connectivity index (χ1) is 22.5. The zero-order valence-corrected chi connectivity index (χ0v) is 27.3. The van der Waals surface area contributed by atoms with Gasteiger partial charge in [0.25, 0.3) is 6.71 Å². The van der Waals surface area contributed by atoms with Crippen molar-refractivity contribution in [3.05, 3.63) is 125 Å². The minimum atomic E-state index is 0.183. The molecule has 6 aliphatic rings. The topological polar surface area (TPSA) is 6.48 Å². The summed E-state index contributed by atoms with van der Waals surface area (Å²) in [5.74, 6) is 2.70. The fourth-order valence-electron chi connectivity index (χ4n) is 10.9. The maximum atomic E-state index is 2.68. The Kier molecular flexibility index (Phi) is 5.64. The van der Waals surface area contributed by atoms with E-state index in [2.05, 4.69) is 134 Å². The van der Waals surface area contributed by atoms with Crippen LogP contribution in [0, 0.1) is 38.5 Å². The van der Waals surface area contributed by atoms with Gasteiger partial charge in [-0.2, -0.15) is 0 Å². The predicted molar refractivity (Wildman–Crippen MR) is 195 cm³/mol. The van der Waals surface area contributed by atoms with Crippen molar-refractivity contribution in [2.75, 3.05) is 9.80 Å². The molecule has 0 spiro atoms. The predicted octanol–water partition coefficient (Wildman–Crippen LogP) is 9.16. The molecule has 0 amide bonds. The van der Waals surface area contributed by atoms with Gasteiger partial charge in [-0.15, -0.1) is 0 Å². The van der Waals surface area contributed by atoms with Crippen molar-refractivity contribution >= 4 is 57.2 Å². The number of fused-ring (bicyclic) bond motifs is 4. The lowest BCUT2D eigenvalue weighted by Crippen LogP contribution is -2.61. The van der Waals surface area contributed by atoms with Crippen LogP contribution in [0.2, 0.25) is 0 Å². The number of nitrogens with zero attached hydrogens (tertiary/aromatic N) is 2. The molecule has 4 aliphatic carbocycles. The summed E-state index contributed by atoms with van der Waals surface area (Å²) in [7, 11) is 0. The molecule has 0 aromatic heterocycles. The van der Waals surface area contributed by atoms with Gasteiger partial charge in [-0.25, -0.2) is 0 Å². The summed E-state index contributed by atoms with van der Waals surface area (Å²) in [6, 6.07) is 39.9. The number of hydrogen-bond acceptors (Lipinski definition) is 2. The van der Waals surface area contributed by atoms with Gasteiger partial charge < -0.3 is 9.80 Å². The van der Waals surface area contributed by atoms with E-state index in [9.17, 15) is 0 Å². The van der Waals surface area contributed by atoms with Crippen LogP contribution in [0.3, 0.4) is 0 Å². The molecule has 2 nitrogen and oxygen atoms in total. The molecule has 46 heavy (non-hydrogen) atoms. The maximum Gasteiger partial charge on any atom is 0.252 e. The highest BCUT2D eigenvalue weighted by Gasteiger charge is 2.53. The van der Waals surface area contributed by atoms with Crippen molar-refractivity contribution in [2.24, 2.45) is 17.8 Å². The highest BCUT2D eigenvalue weighted by atomic mass is 15.2. The summed E-state index contributed by atoms with van der Waals surface area (Å²) in [6.45, 7) is 6.96. The van der Waals surface area contributed by atoms with E-state index in [1.165, 1.54) is 106 Å². The van der Waals surface area contributed by atoms with Gasteiger partial charge in [0.05, 0.1) is 0 Å². The number of para-hydroxylation sites is 2. The first-order valence-corrected chi connectivity index (χ1v) is 17.6. The monoisotopic (exact) mass is 596 g/mol. The highest BCUT2D eigenvalue weighted by Crippen LogP contribution is 2.61. The summed E-state index contributed by atoms with van der Waals surface area (Å²) < 4.78 is 0. The molecular weight excluding hydrogens is 555 g/mol. The van der Waals surface area contributed by atoms with E-state index in [0.717, 1.165) is 17.8 Å². The van der Waals surface area contributed by atoms with Gasteiger partial charge in [0.1, 0.15) is 0 Å². The van der Waals surface area contributed by atoms with Crippen LogP contribution in [0.4, 0.5) is 34.1 Å². The average molecular weight is 597 g/mol. The molecule has 0 N–H and O–H groups in total. The number of hydrogen-bond donors (Lipinski definition) is 0. The Labute approximate surface area is 274 Å². The molecule has 226 valence electrons. The largest absolute Gasteiger partial charge is 0.311 e.